The summed E-state index contributed by atoms with van der Waals surface area (Å²) >= 11 is 0. The average Bonchev–Trinajstić information content (AvgIpc) is 3.25. The minimum Gasteiger partial charge on any atom is -0.334 e. The van der Waals surface area contributed by atoms with E-state index in [0.717, 1.165) is 24.7 Å². The fraction of sp³-hybridized carbons (Fsp3) is 0.300. The second-order valence-corrected chi connectivity index (χ2v) is 9.01. The quantitative estimate of drug-likeness (QED) is 0.674. The summed E-state index contributed by atoms with van der Waals surface area (Å²) in [7, 11) is -3.59. The van der Waals surface area contributed by atoms with E-state index in [1.165, 1.54) is 16.5 Å². The van der Waals surface area contributed by atoms with Gasteiger partial charge in [0.1, 0.15) is 5.82 Å². The molecule has 1 atom stereocenters. The van der Waals surface area contributed by atoms with Gasteiger partial charge in [-0.25, -0.2) is 17.8 Å². The van der Waals surface area contributed by atoms with Gasteiger partial charge in [-0.1, -0.05) is 18.2 Å². The van der Waals surface area contributed by atoms with Crippen molar-refractivity contribution in [3.8, 4) is 0 Å². The number of rotatable bonds is 4. The molecule has 1 amide bonds. The lowest BCUT2D eigenvalue weighted by Gasteiger charge is -2.24. The molecular formula is C20H20FN3O3S. The van der Waals surface area contributed by atoms with Crippen LogP contribution in [0.25, 0.3) is 5.52 Å². The summed E-state index contributed by atoms with van der Waals surface area (Å²) in [5.41, 5.74) is 1.42. The van der Waals surface area contributed by atoms with Gasteiger partial charge >= 0.3 is 0 Å². The summed E-state index contributed by atoms with van der Waals surface area (Å²) in [6.07, 6.45) is 4.87. The van der Waals surface area contributed by atoms with Crippen molar-refractivity contribution in [2.45, 2.75) is 30.5 Å². The first kappa shape index (κ1) is 18.6. The molecule has 1 aliphatic rings. The van der Waals surface area contributed by atoms with Gasteiger partial charge in [-0.3, -0.25) is 9.20 Å². The van der Waals surface area contributed by atoms with Gasteiger partial charge in [0, 0.05) is 25.0 Å². The number of carbonyl (C=O) groups is 1. The third-order valence-corrected chi connectivity index (χ3v) is 6.00. The van der Waals surface area contributed by atoms with Crippen molar-refractivity contribution >= 4 is 21.3 Å². The molecule has 0 bridgehead atoms. The maximum Gasteiger partial charge on any atom is 0.275 e. The van der Waals surface area contributed by atoms with Crippen LogP contribution < -0.4 is 0 Å². The number of hydrogen-bond donors (Lipinski definition) is 0. The molecule has 4 rings (SSSR count). The Balaban J connectivity index is 1.69. The number of benzene rings is 1. The van der Waals surface area contributed by atoms with E-state index in [4.69, 9.17) is 0 Å². The molecule has 146 valence electrons. The number of fused-ring (bicyclic) bond motifs is 1. The molecule has 1 aromatic carbocycles. The molecular weight excluding hydrogens is 381 g/mol. The number of sulfone groups is 1. The highest BCUT2D eigenvalue weighted by atomic mass is 32.2. The Morgan fingerprint density at radius 2 is 2.07 bits per heavy atom. The Labute approximate surface area is 162 Å². The molecule has 0 radical (unpaired) electrons. The maximum atomic E-state index is 13.5. The standard InChI is InChI=1S/C20H20FN3O3S/c1-28(26,27)20-22-18(17-9-2-3-10-24(17)20)19(25)23-11-5-8-16(23)13-14-6-4-7-15(21)12-14/h2-4,6-7,9-10,12,16H,5,8,11,13H2,1H3. The van der Waals surface area contributed by atoms with Gasteiger partial charge < -0.3 is 4.90 Å². The first-order valence-electron chi connectivity index (χ1n) is 9.07. The molecule has 1 unspecified atom stereocenters. The van der Waals surface area contributed by atoms with Gasteiger partial charge in [0.05, 0.1) is 5.52 Å². The average molecular weight is 401 g/mol. The van der Waals surface area contributed by atoms with Crippen molar-refractivity contribution in [1.29, 1.82) is 0 Å². The highest BCUT2D eigenvalue weighted by Gasteiger charge is 2.33. The zero-order chi connectivity index (χ0) is 19.9. The number of imidazole rings is 1. The molecule has 0 N–H and O–H groups in total. The molecule has 6 nitrogen and oxygen atoms in total. The van der Waals surface area contributed by atoms with E-state index >= 15 is 0 Å². The number of carbonyl (C=O) groups excluding carboxylic acids is 1. The van der Waals surface area contributed by atoms with E-state index in [2.05, 4.69) is 4.98 Å². The molecule has 8 heteroatoms. The minimum atomic E-state index is -3.59. The molecule has 0 aliphatic carbocycles. The molecule has 28 heavy (non-hydrogen) atoms. The monoisotopic (exact) mass is 401 g/mol. The summed E-state index contributed by atoms with van der Waals surface area (Å²) in [6, 6.07) is 11.4. The molecule has 1 aliphatic heterocycles. The summed E-state index contributed by atoms with van der Waals surface area (Å²) in [6.45, 7) is 0.568. The van der Waals surface area contributed by atoms with Crippen LogP contribution in [0.3, 0.4) is 0 Å². The second-order valence-electron chi connectivity index (χ2n) is 7.10. The Hall–Kier alpha value is -2.74. The summed E-state index contributed by atoms with van der Waals surface area (Å²) in [4.78, 5) is 19.2. The predicted octanol–water partition coefficient (Wildman–Crippen LogP) is 2.72. The van der Waals surface area contributed by atoms with Gasteiger partial charge in [-0.15, -0.1) is 0 Å². The number of hydrogen-bond acceptors (Lipinski definition) is 4. The Kier molecular flexibility index (Phi) is 4.66. The predicted molar refractivity (Wildman–Crippen MR) is 102 cm³/mol. The lowest BCUT2D eigenvalue weighted by molar-refractivity contribution is 0.0732. The molecule has 0 saturated carbocycles. The second kappa shape index (κ2) is 7.01. The molecule has 1 saturated heterocycles. The van der Waals surface area contributed by atoms with E-state index in [1.807, 2.05) is 6.07 Å². The number of pyridine rings is 1. The largest absolute Gasteiger partial charge is 0.334 e. The highest BCUT2D eigenvalue weighted by molar-refractivity contribution is 7.90. The van der Waals surface area contributed by atoms with E-state index in [0.29, 0.717) is 18.5 Å². The molecule has 1 fully saturated rings. The molecule has 3 aromatic rings. The van der Waals surface area contributed by atoms with E-state index in [-0.39, 0.29) is 28.6 Å². The van der Waals surface area contributed by atoms with Crippen LogP contribution in [0, 0.1) is 5.82 Å². The molecule has 3 heterocycles. The van der Waals surface area contributed by atoms with E-state index < -0.39 is 9.84 Å². The van der Waals surface area contributed by atoms with Gasteiger partial charge in [0.15, 0.2) is 5.69 Å². The number of aromatic nitrogens is 2. The zero-order valence-corrected chi connectivity index (χ0v) is 16.2. The summed E-state index contributed by atoms with van der Waals surface area (Å²) in [5, 5.41) is -0.146. The highest BCUT2D eigenvalue weighted by Crippen LogP contribution is 2.26. The van der Waals surface area contributed by atoms with Crippen LogP contribution in [0.2, 0.25) is 0 Å². The minimum absolute atomic E-state index is 0.0727. The van der Waals surface area contributed by atoms with Crippen LogP contribution in [-0.4, -0.2) is 47.5 Å². The fourth-order valence-electron chi connectivity index (χ4n) is 3.82. The SMILES string of the molecule is CS(=O)(=O)c1nc(C(=O)N2CCCC2Cc2cccc(F)c2)c2ccccn12. The lowest BCUT2D eigenvalue weighted by atomic mass is 10.0. The van der Waals surface area contributed by atoms with Crippen LogP contribution in [0.4, 0.5) is 4.39 Å². The molecule has 0 spiro atoms. The summed E-state index contributed by atoms with van der Waals surface area (Å²) in [5.74, 6) is -0.594. The van der Waals surface area contributed by atoms with Crippen molar-refractivity contribution in [3.63, 3.8) is 0 Å². The van der Waals surface area contributed by atoms with Crippen LogP contribution in [-0.2, 0) is 16.3 Å². The number of amides is 1. The van der Waals surface area contributed by atoms with Crippen LogP contribution in [0.15, 0.2) is 53.8 Å². The van der Waals surface area contributed by atoms with Gasteiger partial charge in [0.25, 0.3) is 5.91 Å². The lowest BCUT2D eigenvalue weighted by Crippen LogP contribution is -2.37. The summed E-state index contributed by atoms with van der Waals surface area (Å²) < 4.78 is 39.1. The maximum absolute atomic E-state index is 13.5. The van der Waals surface area contributed by atoms with Crippen LogP contribution in [0.5, 0.6) is 0 Å². The topological polar surface area (TPSA) is 71.7 Å². The zero-order valence-electron chi connectivity index (χ0n) is 15.4. The van der Waals surface area contributed by atoms with E-state index in [9.17, 15) is 17.6 Å². The third-order valence-electron chi connectivity index (χ3n) is 5.05. The number of halogens is 1. The van der Waals surface area contributed by atoms with Gasteiger partial charge in [-0.2, -0.15) is 0 Å². The smallest absolute Gasteiger partial charge is 0.275 e. The number of likely N-dealkylation sites (tertiary alicyclic amines) is 1. The normalized spacial score (nSPS) is 17.4. The van der Waals surface area contributed by atoms with Crippen molar-refractivity contribution in [2.24, 2.45) is 0 Å². The Morgan fingerprint density at radius 3 is 2.82 bits per heavy atom. The first-order chi connectivity index (χ1) is 13.3. The van der Waals surface area contributed by atoms with Crippen molar-refractivity contribution < 1.29 is 17.6 Å². The molecule has 2 aromatic heterocycles. The Morgan fingerprint density at radius 1 is 1.25 bits per heavy atom. The van der Waals surface area contributed by atoms with Gasteiger partial charge in [-0.05, 0) is 49.1 Å². The van der Waals surface area contributed by atoms with Crippen LogP contribution in [0.1, 0.15) is 28.9 Å². The van der Waals surface area contributed by atoms with Crippen molar-refractivity contribution in [2.75, 3.05) is 12.8 Å². The number of nitrogens with zero attached hydrogens (tertiary/aromatic N) is 3. The third kappa shape index (κ3) is 3.40. The van der Waals surface area contributed by atoms with Gasteiger partial charge in [0.2, 0.25) is 15.0 Å². The van der Waals surface area contributed by atoms with E-state index in [1.54, 1.807) is 35.4 Å². The van der Waals surface area contributed by atoms with Crippen molar-refractivity contribution in [1.82, 2.24) is 14.3 Å². The van der Waals surface area contributed by atoms with Crippen molar-refractivity contribution in [3.05, 3.63) is 65.7 Å². The van der Waals surface area contributed by atoms with Crippen LogP contribution >= 0.6 is 0 Å². The fourth-order valence-corrected chi connectivity index (χ4v) is 4.59. The first-order valence-corrected chi connectivity index (χ1v) is 11.0. The Bertz CT molecular complexity index is 1160.